The molecule has 0 amide bonds. The van der Waals surface area contributed by atoms with E-state index in [2.05, 4.69) is 40.9 Å². The van der Waals surface area contributed by atoms with E-state index in [4.69, 9.17) is 4.98 Å². The van der Waals surface area contributed by atoms with E-state index < -0.39 is 11.4 Å². The summed E-state index contributed by atoms with van der Waals surface area (Å²) in [6.07, 6.45) is 2.49. The lowest BCUT2D eigenvalue weighted by Crippen LogP contribution is -2.40. The van der Waals surface area contributed by atoms with Crippen LogP contribution in [0.5, 0.6) is 0 Å². The van der Waals surface area contributed by atoms with Crippen LogP contribution in [0.4, 0.5) is 0 Å². The molecule has 25 heavy (non-hydrogen) atoms. The van der Waals surface area contributed by atoms with Crippen molar-refractivity contribution in [2.24, 2.45) is 0 Å². The molecule has 0 aliphatic carbocycles. The van der Waals surface area contributed by atoms with Crippen molar-refractivity contribution in [1.82, 2.24) is 24.3 Å². The first-order valence-electron chi connectivity index (χ1n) is 8.53. The third-order valence-electron chi connectivity index (χ3n) is 4.21. The lowest BCUT2D eigenvalue weighted by Gasteiger charge is -2.27. The zero-order chi connectivity index (χ0) is 18.4. The van der Waals surface area contributed by atoms with E-state index in [-0.39, 0.29) is 10.8 Å². The van der Waals surface area contributed by atoms with Crippen LogP contribution in [0.2, 0.25) is 0 Å². The predicted molar refractivity (Wildman–Crippen MR) is 102 cm³/mol. The van der Waals surface area contributed by atoms with Gasteiger partial charge >= 0.3 is 0 Å². The van der Waals surface area contributed by atoms with Crippen molar-refractivity contribution in [3.05, 3.63) is 35.4 Å². The molecule has 2 heterocycles. The van der Waals surface area contributed by atoms with Gasteiger partial charge in [-0.1, -0.05) is 13.0 Å². The molecule has 134 valence electrons. The third kappa shape index (κ3) is 3.36. The molecule has 6 nitrogen and oxygen atoms in total. The Hall–Kier alpha value is -1.70. The van der Waals surface area contributed by atoms with Gasteiger partial charge in [-0.3, -0.25) is 4.40 Å². The molecule has 3 aromatic rings. The minimum absolute atomic E-state index is 0.0926. The molecule has 0 fully saturated rings. The summed E-state index contributed by atoms with van der Waals surface area (Å²) in [5, 5.41) is 9.32. The fourth-order valence-electron chi connectivity index (χ4n) is 2.87. The molecule has 0 aliphatic heterocycles. The Morgan fingerprint density at radius 2 is 2.04 bits per heavy atom. The number of hydrogen-bond acceptors (Lipinski definition) is 5. The Morgan fingerprint density at radius 1 is 1.32 bits per heavy atom. The molecule has 0 saturated heterocycles. The topological polar surface area (TPSA) is 78.2 Å². The maximum atomic E-state index is 12.5. The smallest absolute Gasteiger partial charge is 0.171 e. The highest BCUT2D eigenvalue weighted by atomic mass is 32.2. The molecule has 1 N–H and O–H groups in total. The number of aromatic nitrogens is 4. The Bertz CT molecular complexity index is 915. The summed E-state index contributed by atoms with van der Waals surface area (Å²) in [6.45, 7) is 12.0. The van der Waals surface area contributed by atoms with Crippen molar-refractivity contribution in [2.45, 2.75) is 58.8 Å². The zero-order valence-corrected chi connectivity index (χ0v) is 16.4. The van der Waals surface area contributed by atoms with E-state index in [1.807, 2.05) is 32.1 Å². The van der Waals surface area contributed by atoms with Gasteiger partial charge in [-0.25, -0.2) is 4.98 Å². The molecular formula is C18H25N5OS. The molecule has 0 saturated carbocycles. The number of rotatable bonds is 4. The normalized spacial score (nSPS) is 15.0. The van der Waals surface area contributed by atoms with Crippen LogP contribution in [0.15, 0.2) is 18.5 Å². The SMILES string of the molecule is CCc1nc2c(C(C)N[S+]([O-])C(C)(C)C)cc(C)cc2c2nncn12. The number of fused-ring (bicyclic) bond motifs is 3. The average Bonchev–Trinajstić information content (AvgIpc) is 3.02. The Morgan fingerprint density at radius 3 is 2.68 bits per heavy atom. The molecule has 0 radical (unpaired) electrons. The first kappa shape index (κ1) is 18.1. The van der Waals surface area contributed by atoms with Crippen molar-refractivity contribution < 1.29 is 4.55 Å². The average molecular weight is 359 g/mol. The summed E-state index contributed by atoms with van der Waals surface area (Å²) in [5.74, 6) is 0.918. The Balaban J connectivity index is 2.17. The quantitative estimate of drug-likeness (QED) is 0.724. The molecule has 2 atom stereocenters. The maximum Gasteiger partial charge on any atom is 0.171 e. The van der Waals surface area contributed by atoms with E-state index in [0.29, 0.717) is 0 Å². The van der Waals surface area contributed by atoms with Gasteiger partial charge in [0.25, 0.3) is 0 Å². The molecule has 0 spiro atoms. The van der Waals surface area contributed by atoms with Crippen LogP contribution < -0.4 is 4.72 Å². The van der Waals surface area contributed by atoms with Gasteiger partial charge in [-0.05, 0) is 51.8 Å². The van der Waals surface area contributed by atoms with Crippen LogP contribution in [0.1, 0.15) is 57.6 Å². The van der Waals surface area contributed by atoms with Crippen molar-refractivity contribution in [3.63, 3.8) is 0 Å². The van der Waals surface area contributed by atoms with Gasteiger partial charge in [0.15, 0.2) is 5.65 Å². The lowest BCUT2D eigenvalue weighted by molar-refractivity contribution is 0.531. The zero-order valence-electron chi connectivity index (χ0n) is 15.6. The van der Waals surface area contributed by atoms with Crippen LogP contribution in [0.25, 0.3) is 16.6 Å². The third-order valence-corrected chi connectivity index (χ3v) is 5.89. The van der Waals surface area contributed by atoms with Crippen LogP contribution >= 0.6 is 0 Å². The van der Waals surface area contributed by atoms with Gasteiger partial charge in [0.2, 0.25) is 0 Å². The molecule has 0 aliphatic rings. The van der Waals surface area contributed by atoms with Gasteiger partial charge in [-0.2, -0.15) is 0 Å². The van der Waals surface area contributed by atoms with Crippen molar-refractivity contribution in [1.29, 1.82) is 0 Å². The van der Waals surface area contributed by atoms with Crippen LogP contribution in [-0.4, -0.2) is 28.9 Å². The van der Waals surface area contributed by atoms with E-state index in [1.54, 1.807) is 6.33 Å². The summed E-state index contributed by atoms with van der Waals surface area (Å²) in [5.41, 5.74) is 3.87. The molecule has 2 aromatic heterocycles. The lowest BCUT2D eigenvalue weighted by atomic mass is 10.0. The summed E-state index contributed by atoms with van der Waals surface area (Å²) >= 11 is -1.15. The van der Waals surface area contributed by atoms with Gasteiger partial charge < -0.3 is 4.55 Å². The van der Waals surface area contributed by atoms with Gasteiger partial charge in [0.1, 0.15) is 16.9 Å². The largest absolute Gasteiger partial charge is 0.598 e. The summed E-state index contributed by atoms with van der Waals surface area (Å²) in [6, 6.07) is 4.10. The fraction of sp³-hybridized carbons (Fsp3) is 0.500. The van der Waals surface area contributed by atoms with E-state index in [1.165, 1.54) is 0 Å². The van der Waals surface area contributed by atoms with Crippen molar-refractivity contribution in [3.8, 4) is 0 Å². The second kappa shape index (κ2) is 6.55. The Kier molecular flexibility index (Phi) is 4.74. The molecule has 0 bridgehead atoms. The standard InChI is InChI=1S/C18H25N5OS/c1-7-15-20-16-13(12(3)22-25(24)18(4,5)6)8-11(2)9-14(16)17-21-19-10-23(15)17/h8-10,12,22H,7H2,1-6H3. The highest BCUT2D eigenvalue weighted by Gasteiger charge is 2.29. The first-order chi connectivity index (χ1) is 11.7. The summed E-state index contributed by atoms with van der Waals surface area (Å²) < 4.78 is 17.4. The molecule has 7 heteroatoms. The van der Waals surface area contributed by atoms with Crippen molar-refractivity contribution >= 4 is 27.9 Å². The summed E-state index contributed by atoms with van der Waals surface area (Å²) in [7, 11) is 0. The number of nitrogens with zero attached hydrogens (tertiary/aromatic N) is 4. The number of nitrogens with one attached hydrogen (secondary N) is 1. The first-order valence-corrected chi connectivity index (χ1v) is 9.68. The van der Waals surface area contributed by atoms with E-state index in [9.17, 15) is 4.55 Å². The maximum absolute atomic E-state index is 12.5. The van der Waals surface area contributed by atoms with Gasteiger partial charge in [0.05, 0.1) is 11.6 Å². The molecular weight excluding hydrogens is 334 g/mol. The minimum Gasteiger partial charge on any atom is -0.598 e. The minimum atomic E-state index is -1.15. The van der Waals surface area contributed by atoms with Crippen molar-refractivity contribution in [2.75, 3.05) is 0 Å². The molecule has 1 aromatic carbocycles. The highest BCUT2D eigenvalue weighted by Crippen LogP contribution is 2.29. The summed E-state index contributed by atoms with van der Waals surface area (Å²) in [4.78, 5) is 4.87. The number of benzene rings is 1. The second-order valence-electron chi connectivity index (χ2n) is 7.38. The van der Waals surface area contributed by atoms with E-state index in [0.717, 1.165) is 39.9 Å². The fourth-order valence-corrected chi connectivity index (χ4v) is 3.67. The highest BCUT2D eigenvalue weighted by molar-refractivity contribution is 7.90. The monoisotopic (exact) mass is 359 g/mol. The molecule has 2 unspecified atom stereocenters. The van der Waals surface area contributed by atoms with Gasteiger partial charge in [-0.15, -0.1) is 14.9 Å². The van der Waals surface area contributed by atoms with Crippen LogP contribution in [0.3, 0.4) is 0 Å². The molecule has 3 rings (SSSR count). The van der Waals surface area contributed by atoms with Crippen LogP contribution in [-0.2, 0) is 17.8 Å². The number of hydrogen-bond donors (Lipinski definition) is 1. The van der Waals surface area contributed by atoms with Crippen LogP contribution in [0, 0.1) is 6.92 Å². The Labute approximate surface area is 151 Å². The predicted octanol–water partition coefficient (Wildman–Crippen LogP) is 3.26. The number of aryl methyl sites for hydroxylation is 2. The van der Waals surface area contributed by atoms with E-state index >= 15 is 0 Å². The van der Waals surface area contributed by atoms with Gasteiger partial charge in [0, 0.05) is 23.2 Å². The second-order valence-corrected chi connectivity index (χ2v) is 9.37.